The van der Waals surface area contributed by atoms with Crippen molar-refractivity contribution >= 4 is 17.3 Å². The Morgan fingerprint density at radius 2 is 2.03 bits per heavy atom. The third kappa shape index (κ3) is 3.91. The van der Waals surface area contributed by atoms with E-state index in [4.69, 9.17) is 0 Å². The van der Waals surface area contributed by atoms with Gasteiger partial charge in [-0.2, -0.15) is 28.2 Å². The Morgan fingerprint density at radius 3 is 2.69 bits per heavy atom. The highest BCUT2D eigenvalue weighted by molar-refractivity contribution is 7.12. The van der Waals surface area contributed by atoms with Gasteiger partial charge in [0, 0.05) is 24.2 Å². The average Bonchev–Trinajstić information content (AvgIpc) is 3.30. The summed E-state index contributed by atoms with van der Waals surface area (Å²) >= 11 is 0.620. The lowest BCUT2D eigenvalue weighted by Gasteiger charge is -2.26. The first-order valence-corrected chi connectivity index (χ1v) is 9.97. The number of hydrogen-bond donors (Lipinski definition) is 0. The quantitative estimate of drug-likeness (QED) is 0.644. The van der Waals surface area contributed by atoms with Crippen molar-refractivity contribution in [2.24, 2.45) is 0 Å². The normalized spacial score (nSPS) is 14.3. The zero-order valence-corrected chi connectivity index (χ0v) is 16.7. The summed E-state index contributed by atoms with van der Waals surface area (Å²) in [7, 11) is 0. The van der Waals surface area contributed by atoms with E-state index in [1.807, 2.05) is 22.7 Å². The SMILES string of the molecule is CCn1cc2c(n1)CN(c1nc(C)n(Cc3ccc(C(F)(F)F)s3)c(=O)n1)CC2. The van der Waals surface area contributed by atoms with Crippen LogP contribution < -0.4 is 10.6 Å². The molecule has 0 aromatic carbocycles. The molecule has 154 valence electrons. The van der Waals surface area contributed by atoms with Gasteiger partial charge in [0.15, 0.2) is 0 Å². The molecule has 0 aliphatic carbocycles. The number of anilines is 1. The predicted octanol–water partition coefficient (Wildman–Crippen LogP) is 2.85. The summed E-state index contributed by atoms with van der Waals surface area (Å²) in [6, 6.07) is 2.40. The van der Waals surface area contributed by atoms with E-state index in [9.17, 15) is 18.0 Å². The largest absolute Gasteiger partial charge is 0.425 e. The molecule has 3 aromatic heterocycles. The Kier molecular flexibility index (Phi) is 4.93. The van der Waals surface area contributed by atoms with Gasteiger partial charge in [0.1, 0.15) is 10.7 Å². The zero-order valence-electron chi connectivity index (χ0n) is 15.9. The van der Waals surface area contributed by atoms with Gasteiger partial charge in [-0.25, -0.2) is 4.79 Å². The van der Waals surface area contributed by atoms with Crippen molar-refractivity contribution in [3.05, 3.63) is 55.6 Å². The average molecular weight is 424 g/mol. The molecule has 0 atom stereocenters. The molecule has 4 heterocycles. The van der Waals surface area contributed by atoms with Gasteiger partial charge in [0.05, 0.1) is 18.8 Å². The maximum absolute atomic E-state index is 12.8. The Hall–Kier alpha value is -2.69. The number of fused-ring (bicyclic) bond motifs is 1. The number of thiophene rings is 1. The number of halogens is 3. The first-order valence-electron chi connectivity index (χ1n) is 9.16. The number of alkyl halides is 3. The van der Waals surface area contributed by atoms with Gasteiger partial charge in [-0.15, -0.1) is 11.3 Å². The van der Waals surface area contributed by atoms with E-state index in [-0.39, 0.29) is 6.54 Å². The molecule has 3 aromatic rings. The Bertz CT molecular complexity index is 1100. The third-order valence-corrected chi connectivity index (χ3v) is 5.97. The second-order valence-corrected chi connectivity index (χ2v) is 8.00. The molecule has 0 radical (unpaired) electrons. The minimum absolute atomic E-state index is 0.0107. The van der Waals surface area contributed by atoms with Crippen LogP contribution in [0.4, 0.5) is 19.1 Å². The van der Waals surface area contributed by atoms with Crippen LogP contribution in [-0.4, -0.2) is 30.9 Å². The van der Waals surface area contributed by atoms with E-state index in [1.54, 1.807) is 6.92 Å². The van der Waals surface area contributed by atoms with E-state index in [0.29, 0.717) is 41.1 Å². The lowest BCUT2D eigenvalue weighted by molar-refractivity contribution is -0.134. The number of hydrogen-bond acceptors (Lipinski definition) is 6. The first-order chi connectivity index (χ1) is 13.7. The van der Waals surface area contributed by atoms with Crippen molar-refractivity contribution in [1.29, 1.82) is 0 Å². The summed E-state index contributed by atoms with van der Waals surface area (Å²) in [6.07, 6.45) is -1.57. The zero-order chi connectivity index (χ0) is 20.8. The van der Waals surface area contributed by atoms with Crippen LogP contribution in [-0.2, 0) is 32.2 Å². The van der Waals surface area contributed by atoms with Gasteiger partial charge in [-0.05, 0) is 38.0 Å². The molecule has 0 N–H and O–H groups in total. The fourth-order valence-electron chi connectivity index (χ4n) is 3.30. The highest BCUT2D eigenvalue weighted by Gasteiger charge is 2.32. The fourth-order valence-corrected chi connectivity index (χ4v) is 4.17. The molecule has 0 unspecified atom stereocenters. The van der Waals surface area contributed by atoms with Crippen LogP contribution in [0.2, 0.25) is 0 Å². The second-order valence-electron chi connectivity index (χ2n) is 6.83. The molecule has 0 bridgehead atoms. The molecule has 1 aliphatic rings. The van der Waals surface area contributed by atoms with Crippen LogP contribution in [0.5, 0.6) is 0 Å². The van der Waals surface area contributed by atoms with E-state index >= 15 is 0 Å². The molecule has 0 saturated heterocycles. The lowest BCUT2D eigenvalue weighted by atomic mass is 10.1. The molecule has 0 fully saturated rings. The van der Waals surface area contributed by atoms with E-state index in [0.717, 1.165) is 24.7 Å². The minimum Gasteiger partial charge on any atom is -0.334 e. The summed E-state index contributed by atoms with van der Waals surface area (Å²) < 4.78 is 41.5. The van der Waals surface area contributed by atoms with Gasteiger partial charge in [-0.3, -0.25) is 9.25 Å². The van der Waals surface area contributed by atoms with Crippen LogP contribution in [0, 0.1) is 6.92 Å². The van der Waals surface area contributed by atoms with Crippen LogP contribution >= 0.6 is 11.3 Å². The smallest absolute Gasteiger partial charge is 0.334 e. The third-order valence-electron chi connectivity index (χ3n) is 4.86. The van der Waals surface area contributed by atoms with Gasteiger partial charge in [0.25, 0.3) is 0 Å². The number of nitrogens with zero attached hydrogens (tertiary/aromatic N) is 6. The molecule has 0 saturated carbocycles. The standard InChI is InChI=1S/C18H19F3N6OS/c1-3-26-8-12-6-7-25(10-14(12)24-26)16-22-11(2)27(17(28)23-16)9-13-4-5-15(29-13)18(19,20)21/h4-5,8H,3,6-7,9-10H2,1-2H3. The molecule has 0 spiro atoms. The molecule has 7 nitrogen and oxygen atoms in total. The Labute approximate surface area is 168 Å². The maximum Gasteiger partial charge on any atom is 0.425 e. The lowest BCUT2D eigenvalue weighted by Crippen LogP contribution is -2.36. The van der Waals surface area contributed by atoms with Gasteiger partial charge >= 0.3 is 11.9 Å². The van der Waals surface area contributed by atoms with Crippen molar-refractivity contribution in [1.82, 2.24) is 24.3 Å². The molecule has 4 rings (SSSR count). The van der Waals surface area contributed by atoms with Crippen molar-refractivity contribution < 1.29 is 13.2 Å². The van der Waals surface area contributed by atoms with Crippen molar-refractivity contribution in [2.45, 2.75) is 46.1 Å². The monoisotopic (exact) mass is 424 g/mol. The number of rotatable bonds is 4. The summed E-state index contributed by atoms with van der Waals surface area (Å²) in [6.45, 7) is 5.67. The van der Waals surface area contributed by atoms with Crippen LogP contribution in [0.15, 0.2) is 23.1 Å². The van der Waals surface area contributed by atoms with Gasteiger partial charge < -0.3 is 4.90 Å². The summed E-state index contributed by atoms with van der Waals surface area (Å²) in [5.74, 6) is 0.731. The van der Waals surface area contributed by atoms with Crippen LogP contribution in [0.1, 0.15) is 33.8 Å². The predicted molar refractivity (Wildman–Crippen MR) is 102 cm³/mol. The van der Waals surface area contributed by atoms with Crippen LogP contribution in [0.25, 0.3) is 0 Å². The van der Waals surface area contributed by atoms with Gasteiger partial charge in [0.2, 0.25) is 5.95 Å². The molecule has 11 heteroatoms. The van der Waals surface area contributed by atoms with Crippen molar-refractivity contribution in [2.75, 3.05) is 11.4 Å². The van der Waals surface area contributed by atoms with E-state index in [1.165, 1.54) is 16.2 Å². The molecule has 1 aliphatic heterocycles. The fraction of sp³-hybridized carbons (Fsp3) is 0.444. The topological polar surface area (TPSA) is 68.8 Å². The first kappa shape index (κ1) is 19.6. The van der Waals surface area contributed by atoms with Crippen LogP contribution in [0.3, 0.4) is 0 Å². The minimum atomic E-state index is -4.39. The molecular weight excluding hydrogens is 405 g/mol. The van der Waals surface area contributed by atoms with Crippen molar-refractivity contribution in [3.8, 4) is 0 Å². The Morgan fingerprint density at radius 1 is 1.24 bits per heavy atom. The second kappa shape index (κ2) is 7.29. The van der Waals surface area contributed by atoms with Gasteiger partial charge in [-0.1, -0.05) is 0 Å². The Balaban J connectivity index is 1.56. The molecule has 0 amide bonds. The summed E-state index contributed by atoms with van der Waals surface area (Å²) in [4.78, 5) is 22.7. The number of aromatic nitrogens is 5. The van der Waals surface area contributed by atoms with E-state index in [2.05, 4.69) is 15.1 Å². The summed E-state index contributed by atoms with van der Waals surface area (Å²) in [5.41, 5.74) is 1.60. The number of aryl methyl sites for hydroxylation is 2. The maximum atomic E-state index is 12.8. The molecular formula is C18H19F3N6OS. The highest BCUT2D eigenvalue weighted by atomic mass is 32.1. The van der Waals surface area contributed by atoms with Crippen molar-refractivity contribution in [3.63, 3.8) is 0 Å². The van der Waals surface area contributed by atoms with E-state index < -0.39 is 16.7 Å². The molecule has 29 heavy (non-hydrogen) atoms. The summed E-state index contributed by atoms with van der Waals surface area (Å²) in [5, 5.41) is 4.53. The highest BCUT2D eigenvalue weighted by Crippen LogP contribution is 2.34.